The minimum absolute atomic E-state index is 0.0924. The number of hydrogen-bond acceptors (Lipinski definition) is 4. The SMILES string of the molecule is O=C(NC1CCCCC1)C1=NN(c2ccccc2Cl)C(c2ccc(O)cc2)C1. The van der Waals surface area contributed by atoms with Crippen molar-refractivity contribution in [2.45, 2.75) is 50.6 Å². The van der Waals surface area contributed by atoms with E-state index in [0.29, 0.717) is 17.2 Å². The van der Waals surface area contributed by atoms with Crippen LogP contribution < -0.4 is 10.3 Å². The van der Waals surface area contributed by atoms with E-state index in [9.17, 15) is 9.90 Å². The number of carbonyl (C=O) groups is 1. The van der Waals surface area contributed by atoms with Crippen LogP contribution in [-0.4, -0.2) is 22.8 Å². The van der Waals surface area contributed by atoms with Gasteiger partial charge < -0.3 is 10.4 Å². The van der Waals surface area contributed by atoms with Crippen molar-refractivity contribution in [1.29, 1.82) is 0 Å². The van der Waals surface area contributed by atoms with E-state index < -0.39 is 0 Å². The number of aromatic hydroxyl groups is 1. The van der Waals surface area contributed by atoms with Gasteiger partial charge in [0.15, 0.2) is 0 Å². The molecule has 146 valence electrons. The summed E-state index contributed by atoms with van der Waals surface area (Å²) >= 11 is 6.41. The average molecular weight is 398 g/mol. The first-order valence-electron chi connectivity index (χ1n) is 9.83. The molecule has 2 N–H and O–H groups in total. The van der Waals surface area contributed by atoms with Gasteiger partial charge >= 0.3 is 0 Å². The Hall–Kier alpha value is -2.53. The fourth-order valence-electron chi connectivity index (χ4n) is 3.98. The molecule has 5 nitrogen and oxygen atoms in total. The van der Waals surface area contributed by atoms with Crippen molar-refractivity contribution in [3.63, 3.8) is 0 Å². The van der Waals surface area contributed by atoms with E-state index in [2.05, 4.69) is 10.4 Å². The monoisotopic (exact) mass is 397 g/mol. The number of phenols is 1. The molecular weight excluding hydrogens is 374 g/mol. The lowest BCUT2D eigenvalue weighted by molar-refractivity contribution is -0.115. The highest BCUT2D eigenvalue weighted by Gasteiger charge is 2.34. The first kappa shape index (κ1) is 18.8. The first-order valence-corrected chi connectivity index (χ1v) is 10.2. The third-order valence-corrected chi connectivity index (χ3v) is 5.81. The summed E-state index contributed by atoms with van der Waals surface area (Å²) in [6, 6.07) is 14.6. The second kappa shape index (κ2) is 8.23. The number of anilines is 1. The molecule has 4 rings (SSSR count). The third-order valence-electron chi connectivity index (χ3n) is 5.49. The van der Waals surface area contributed by atoms with Crippen LogP contribution in [0.1, 0.15) is 50.1 Å². The van der Waals surface area contributed by atoms with Crippen LogP contribution in [0.4, 0.5) is 5.69 Å². The predicted octanol–water partition coefficient (Wildman–Crippen LogP) is 4.80. The van der Waals surface area contributed by atoms with Crippen LogP contribution in [0.5, 0.6) is 5.75 Å². The zero-order valence-corrected chi connectivity index (χ0v) is 16.4. The Morgan fingerprint density at radius 2 is 1.79 bits per heavy atom. The molecule has 2 aromatic carbocycles. The quantitative estimate of drug-likeness (QED) is 0.778. The van der Waals surface area contributed by atoms with E-state index in [0.717, 1.165) is 24.1 Å². The summed E-state index contributed by atoms with van der Waals surface area (Å²) in [5, 5.41) is 19.8. The molecule has 0 aromatic heterocycles. The molecule has 1 heterocycles. The predicted molar refractivity (Wildman–Crippen MR) is 112 cm³/mol. The zero-order chi connectivity index (χ0) is 19.5. The summed E-state index contributed by atoms with van der Waals surface area (Å²) in [4.78, 5) is 12.9. The molecule has 6 heteroatoms. The molecule has 1 saturated carbocycles. The number of halogens is 1. The van der Waals surface area contributed by atoms with Gasteiger partial charge in [0, 0.05) is 12.5 Å². The van der Waals surface area contributed by atoms with Gasteiger partial charge in [0.2, 0.25) is 0 Å². The summed E-state index contributed by atoms with van der Waals surface area (Å²) in [6.07, 6.45) is 6.15. The smallest absolute Gasteiger partial charge is 0.267 e. The van der Waals surface area contributed by atoms with Crippen LogP contribution in [0.2, 0.25) is 5.02 Å². The molecule has 1 fully saturated rings. The van der Waals surface area contributed by atoms with Gasteiger partial charge in [-0.15, -0.1) is 0 Å². The van der Waals surface area contributed by atoms with E-state index in [1.807, 2.05) is 41.4 Å². The maximum Gasteiger partial charge on any atom is 0.267 e. The molecule has 1 atom stereocenters. The molecule has 0 radical (unpaired) electrons. The zero-order valence-electron chi connectivity index (χ0n) is 15.6. The number of amides is 1. The molecule has 1 unspecified atom stereocenters. The summed E-state index contributed by atoms with van der Waals surface area (Å²) in [7, 11) is 0. The summed E-state index contributed by atoms with van der Waals surface area (Å²) in [5.41, 5.74) is 2.26. The van der Waals surface area contributed by atoms with Crippen LogP contribution in [0.25, 0.3) is 0 Å². The Kier molecular flexibility index (Phi) is 5.53. The normalized spacial score (nSPS) is 20.1. The molecular formula is C22H24ClN3O2. The number of rotatable bonds is 4. The van der Waals surface area contributed by atoms with Gasteiger partial charge in [-0.2, -0.15) is 5.10 Å². The van der Waals surface area contributed by atoms with Crippen molar-refractivity contribution >= 4 is 28.9 Å². The van der Waals surface area contributed by atoms with Crippen molar-refractivity contribution in [2.75, 3.05) is 5.01 Å². The highest BCUT2D eigenvalue weighted by molar-refractivity contribution is 6.40. The Labute approximate surface area is 170 Å². The van der Waals surface area contributed by atoms with E-state index in [1.165, 1.54) is 19.3 Å². The van der Waals surface area contributed by atoms with E-state index in [-0.39, 0.29) is 23.7 Å². The Bertz CT molecular complexity index is 876. The Balaban J connectivity index is 1.61. The van der Waals surface area contributed by atoms with Crippen LogP contribution in [0.15, 0.2) is 53.6 Å². The largest absolute Gasteiger partial charge is 0.508 e. The topological polar surface area (TPSA) is 64.9 Å². The van der Waals surface area contributed by atoms with Crippen LogP contribution in [-0.2, 0) is 4.79 Å². The van der Waals surface area contributed by atoms with E-state index in [1.54, 1.807) is 12.1 Å². The van der Waals surface area contributed by atoms with Gasteiger partial charge in [0.25, 0.3) is 5.91 Å². The maximum atomic E-state index is 12.9. The number of hydrazone groups is 1. The summed E-state index contributed by atoms with van der Waals surface area (Å²) in [5.74, 6) is 0.118. The second-order valence-corrected chi connectivity index (χ2v) is 7.87. The highest BCUT2D eigenvalue weighted by atomic mass is 35.5. The van der Waals surface area contributed by atoms with Gasteiger partial charge in [-0.25, -0.2) is 0 Å². The molecule has 1 amide bonds. The fourth-order valence-corrected chi connectivity index (χ4v) is 4.20. The lowest BCUT2D eigenvalue weighted by atomic mass is 9.95. The van der Waals surface area contributed by atoms with Crippen molar-refractivity contribution in [3.8, 4) is 5.75 Å². The highest BCUT2D eigenvalue weighted by Crippen LogP contribution is 2.39. The molecule has 1 aliphatic carbocycles. The second-order valence-electron chi connectivity index (χ2n) is 7.46. The minimum Gasteiger partial charge on any atom is -0.508 e. The molecule has 2 aromatic rings. The first-order chi connectivity index (χ1) is 13.6. The maximum absolute atomic E-state index is 12.9. The summed E-state index contributed by atoms with van der Waals surface area (Å²) < 4.78 is 0. The molecule has 28 heavy (non-hydrogen) atoms. The van der Waals surface area contributed by atoms with E-state index >= 15 is 0 Å². The van der Waals surface area contributed by atoms with Crippen molar-refractivity contribution in [1.82, 2.24) is 5.32 Å². The lowest BCUT2D eigenvalue weighted by Gasteiger charge is -2.24. The number of para-hydroxylation sites is 1. The van der Waals surface area contributed by atoms with Crippen LogP contribution in [0.3, 0.4) is 0 Å². The Morgan fingerprint density at radius 1 is 1.07 bits per heavy atom. The number of benzene rings is 2. The summed E-state index contributed by atoms with van der Waals surface area (Å²) in [6.45, 7) is 0. The Morgan fingerprint density at radius 3 is 2.50 bits per heavy atom. The minimum atomic E-state index is -0.146. The molecule has 1 aliphatic heterocycles. The number of hydrogen-bond donors (Lipinski definition) is 2. The van der Waals surface area contributed by atoms with Gasteiger partial charge in [-0.05, 0) is 42.7 Å². The molecule has 0 saturated heterocycles. The van der Waals surface area contributed by atoms with Crippen molar-refractivity contribution in [3.05, 3.63) is 59.1 Å². The molecule has 2 aliphatic rings. The number of nitrogens with zero attached hydrogens (tertiary/aromatic N) is 2. The average Bonchev–Trinajstić information content (AvgIpc) is 3.15. The molecule has 0 spiro atoms. The number of phenolic OH excluding ortho intramolecular Hbond substituents is 1. The van der Waals surface area contributed by atoms with E-state index in [4.69, 9.17) is 11.6 Å². The van der Waals surface area contributed by atoms with Crippen molar-refractivity contribution < 1.29 is 9.90 Å². The third kappa shape index (κ3) is 3.99. The number of carbonyl (C=O) groups excluding carboxylic acids is 1. The lowest BCUT2D eigenvalue weighted by Crippen LogP contribution is -2.39. The van der Waals surface area contributed by atoms with Crippen molar-refractivity contribution in [2.24, 2.45) is 5.10 Å². The molecule has 0 bridgehead atoms. The van der Waals surface area contributed by atoms with Gasteiger partial charge in [-0.1, -0.05) is 55.1 Å². The van der Waals surface area contributed by atoms with Gasteiger partial charge in [-0.3, -0.25) is 9.80 Å². The number of nitrogens with one attached hydrogen (secondary N) is 1. The van der Waals surface area contributed by atoms with Gasteiger partial charge in [0.05, 0.1) is 16.8 Å². The van der Waals surface area contributed by atoms with Crippen LogP contribution in [0, 0.1) is 0 Å². The van der Waals surface area contributed by atoms with Crippen LogP contribution >= 0.6 is 11.6 Å². The van der Waals surface area contributed by atoms with Gasteiger partial charge in [0.1, 0.15) is 11.5 Å². The fraction of sp³-hybridized carbons (Fsp3) is 0.364. The standard InChI is InChI=1S/C22H24ClN3O2/c23-18-8-4-5-9-20(18)26-21(15-10-12-17(27)13-11-15)14-19(25-26)22(28)24-16-6-2-1-3-7-16/h4-5,8-13,16,21,27H,1-3,6-7,14H2,(H,24,28).